The van der Waals surface area contributed by atoms with Crippen molar-refractivity contribution in [3.05, 3.63) is 60.8 Å². The van der Waals surface area contributed by atoms with E-state index in [1.807, 2.05) is 0 Å². The summed E-state index contributed by atoms with van der Waals surface area (Å²) in [5, 5.41) is 9.77. The summed E-state index contributed by atoms with van der Waals surface area (Å²) < 4.78 is 39.4. The van der Waals surface area contributed by atoms with Crippen LogP contribution < -0.4 is 0 Å². The summed E-state index contributed by atoms with van der Waals surface area (Å²) in [7, 11) is -4.75. The molecule has 0 fully saturated rings. The van der Waals surface area contributed by atoms with E-state index in [1.165, 1.54) is 116 Å². The van der Waals surface area contributed by atoms with E-state index in [0.29, 0.717) is 19.3 Å². The lowest BCUT2D eigenvalue weighted by atomic mass is 10.0. The van der Waals surface area contributed by atoms with Crippen molar-refractivity contribution in [3.63, 3.8) is 0 Å². The molecule has 0 spiro atoms. The maximum absolute atomic E-state index is 12.9. The standard InChI is InChI=1S/C60H107O11P/c1-4-7-10-13-16-19-21-23-25-27-28-30-32-34-36-39-42-45-48-51-60(64)71-57(53-67-58(62)49-46-43-40-38-35-33-31-29-26-24-22-20-17-14-11-8-5-2)55-69-72(65,66)68-54-56(52-61)70-59(63)50-47-44-41-37-18-15-12-9-6-3/h7,10,16,19,23,25,28,30,34,36,56-57,61H,4-6,8-9,11-15,17-18,20-22,24,26-27,29,31-33,35,37-55H2,1-3H3,(H,65,66)/b10-7-,19-16-,25-23-,30-28-,36-34-. The molecule has 11 nitrogen and oxygen atoms in total. The number of carbonyl (C=O) groups excluding carboxylic acids is 3. The maximum atomic E-state index is 12.9. The summed E-state index contributed by atoms with van der Waals surface area (Å²) in [6.45, 7) is 4.50. The third-order valence-electron chi connectivity index (χ3n) is 12.5. The number of allylic oxidation sites excluding steroid dienone is 10. The molecule has 0 aromatic heterocycles. The van der Waals surface area contributed by atoms with E-state index in [0.717, 1.165) is 89.9 Å². The second-order valence-electron chi connectivity index (χ2n) is 19.4. The number of ether oxygens (including phenoxy) is 3. The molecule has 3 atom stereocenters. The molecule has 0 aliphatic carbocycles. The van der Waals surface area contributed by atoms with Gasteiger partial charge in [0.05, 0.1) is 19.8 Å². The van der Waals surface area contributed by atoms with Crippen LogP contribution in [0.25, 0.3) is 0 Å². The molecule has 0 bridgehead atoms. The zero-order chi connectivity index (χ0) is 52.7. The Hall–Kier alpha value is -2.82. The van der Waals surface area contributed by atoms with E-state index in [4.69, 9.17) is 23.3 Å². The molecule has 0 radical (unpaired) electrons. The first-order valence-corrected chi connectivity index (χ1v) is 30.7. The Labute approximate surface area is 440 Å². The van der Waals surface area contributed by atoms with E-state index in [2.05, 4.69) is 81.5 Å². The van der Waals surface area contributed by atoms with Crippen molar-refractivity contribution in [1.29, 1.82) is 0 Å². The molecule has 0 rings (SSSR count). The number of carbonyl (C=O) groups is 3. The fourth-order valence-electron chi connectivity index (χ4n) is 8.03. The molecule has 0 aromatic rings. The number of hydrogen-bond acceptors (Lipinski definition) is 10. The Kier molecular flexibility index (Phi) is 52.3. The number of phosphoric acid groups is 1. The van der Waals surface area contributed by atoms with Gasteiger partial charge in [-0.3, -0.25) is 23.4 Å². The van der Waals surface area contributed by atoms with Gasteiger partial charge >= 0.3 is 25.7 Å². The average molecular weight is 1040 g/mol. The number of hydrogen-bond donors (Lipinski definition) is 2. The lowest BCUT2D eigenvalue weighted by Crippen LogP contribution is -2.30. The van der Waals surface area contributed by atoms with Crippen LogP contribution in [0.4, 0.5) is 0 Å². The van der Waals surface area contributed by atoms with Gasteiger partial charge in [-0.2, -0.15) is 0 Å². The summed E-state index contributed by atoms with van der Waals surface area (Å²) >= 11 is 0. The molecule has 0 saturated carbocycles. The smallest absolute Gasteiger partial charge is 0.462 e. The number of aliphatic hydroxyl groups excluding tert-OH is 1. The Morgan fingerprint density at radius 2 is 0.722 bits per heavy atom. The van der Waals surface area contributed by atoms with E-state index in [-0.39, 0.29) is 25.9 Å². The average Bonchev–Trinajstić information content (AvgIpc) is 3.37. The van der Waals surface area contributed by atoms with Gasteiger partial charge in [0.25, 0.3) is 0 Å². The van der Waals surface area contributed by atoms with E-state index in [1.54, 1.807) is 0 Å². The minimum absolute atomic E-state index is 0.130. The topological polar surface area (TPSA) is 155 Å². The molecule has 2 N–H and O–H groups in total. The van der Waals surface area contributed by atoms with Gasteiger partial charge in [0.2, 0.25) is 0 Å². The van der Waals surface area contributed by atoms with Crippen molar-refractivity contribution in [2.24, 2.45) is 0 Å². The van der Waals surface area contributed by atoms with Gasteiger partial charge in [-0.05, 0) is 64.2 Å². The number of unbranched alkanes of at least 4 members (excludes halogenated alkanes) is 27. The third kappa shape index (κ3) is 52.1. The van der Waals surface area contributed by atoms with Gasteiger partial charge in [-0.1, -0.05) is 242 Å². The highest BCUT2D eigenvalue weighted by Gasteiger charge is 2.28. The van der Waals surface area contributed by atoms with Crippen LogP contribution in [-0.2, 0) is 42.2 Å². The lowest BCUT2D eigenvalue weighted by Gasteiger charge is -2.21. The van der Waals surface area contributed by atoms with Crippen LogP contribution in [-0.4, -0.2) is 66.5 Å². The largest absolute Gasteiger partial charge is 0.472 e. The molecule has 0 aromatic carbocycles. The Balaban J connectivity index is 4.75. The van der Waals surface area contributed by atoms with E-state index in [9.17, 15) is 28.9 Å². The fraction of sp³-hybridized carbons (Fsp3) is 0.783. The van der Waals surface area contributed by atoms with Gasteiger partial charge in [0.1, 0.15) is 12.7 Å². The molecular formula is C60H107O11P. The molecule has 12 heteroatoms. The molecule has 72 heavy (non-hydrogen) atoms. The summed E-state index contributed by atoms with van der Waals surface area (Å²) in [5.41, 5.74) is 0. The van der Waals surface area contributed by atoms with Crippen molar-refractivity contribution in [1.82, 2.24) is 0 Å². The predicted octanol–water partition coefficient (Wildman–Crippen LogP) is 17.1. The fourth-order valence-corrected chi connectivity index (χ4v) is 8.81. The first-order valence-electron chi connectivity index (χ1n) is 29.2. The van der Waals surface area contributed by atoms with Gasteiger partial charge in [-0.15, -0.1) is 0 Å². The predicted molar refractivity (Wildman–Crippen MR) is 298 cm³/mol. The Morgan fingerprint density at radius 1 is 0.403 bits per heavy atom. The summed E-state index contributed by atoms with van der Waals surface area (Å²) in [6, 6.07) is 0. The van der Waals surface area contributed by atoms with Gasteiger partial charge < -0.3 is 24.2 Å². The van der Waals surface area contributed by atoms with Crippen molar-refractivity contribution in [2.45, 2.75) is 277 Å². The highest BCUT2D eigenvalue weighted by atomic mass is 31.2. The third-order valence-corrected chi connectivity index (χ3v) is 13.4. The first-order chi connectivity index (χ1) is 35.2. The highest BCUT2D eigenvalue weighted by Crippen LogP contribution is 2.43. The van der Waals surface area contributed by atoms with Crippen LogP contribution in [0.3, 0.4) is 0 Å². The minimum Gasteiger partial charge on any atom is -0.462 e. The highest BCUT2D eigenvalue weighted by molar-refractivity contribution is 7.47. The quantitative estimate of drug-likeness (QED) is 0.0197. The van der Waals surface area contributed by atoms with E-state index >= 15 is 0 Å². The molecule has 0 saturated heterocycles. The summed E-state index contributed by atoms with van der Waals surface area (Å²) in [6.07, 6.45) is 59.1. The van der Waals surface area contributed by atoms with Crippen molar-refractivity contribution in [2.75, 3.05) is 26.4 Å². The van der Waals surface area contributed by atoms with Crippen LogP contribution in [0.2, 0.25) is 0 Å². The van der Waals surface area contributed by atoms with Crippen LogP contribution in [0.15, 0.2) is 60.8 Å². The normalized spacial score (nSPS) is 13.8. The SMILES string of the molecule is CC/C=C\C/C=C\C/C=C\C/C=C\C/C=C\CCCCCC(=O)OC(COC(=O)CCCCCCCCCCCCCCCCCCC)COP(=O)(O)OCC(CO)OC(=O)CCCCCCCCCCC. The maximum Gasteiger partial charge on any atom is 0.472 e. The zero-order valence-electron chi connectivity index (χ0n) is 46.1. The van der Waals surface area contributed by atoms with Crippen LogP contribution in [0, 0.1) is 0 Å². The molecule has 0 aliphatic rings. The Morgan fingerprint density at radius 3 is 1.11 bits per heavy atom. The van der Waals surface area contributed by atoms with Crippen molar-refractivity contribution < 1.29 is 52.2 Å². The molecule has 0 aliphatic heterocycles. The van der Waals surface area contributed by atoms with Gasteiger partial charge in [-0.25, -0.2) is 4.57 Å². The molecular weight excluding hydrogens is 928 g/mol. The van der Waals surface area contributed by atoms with Crippen LogP contribution >= 0.6 is 7.82 Å². The lowest BCUT2D eigenvalue weighted by molar-refractivity contribution is -0.161. The monoisotopic (exact) mass is 1030 g/mol. The van der Waals surface area contributed by atoms with E-state index < -0.39 is 57.8 Å². The minimum atomic E-state index is -4.75. The second-order valence-corrected chi connectivity index (χ2v) is 20.9. The number of esters is 3. The molecule has 0 amide bonds. The van der Waals surface area contributed by atoms with Crippen molar-refractivity contribution in [3.8, 4) is 0 Å². The number of aliphatic hydroxyl groups is 1. The van der Waals surface area contributed by atoms with Gasteiger partial charge in [0.15, 0.2) is 6.10 Å². The number of phosphoric ester groups is 1. The summed E-state index contributed by atoms with van der Waals surface area (Å²) in [4.78, 5) is 48.5. The van der Waals surface area contributed by atoms with Crippen LogP contribution in [0.5, 0.6) is 0 Å². The van der Waals surface area contributed by atoms with Gasteiger partial charge in [0, 0.05) is 19.3 Å². The summed E-state index contributed by atoms with van der Waals surface area (Å²) in [5.74, 6) is -1.49. The molecule has 0 heterocycles. The molecule has 418 valence electrons. The molecule has 3 unspecified atom stereocenters. The first kappa shape index (κ1) is 69.2. The Bertz CT molecular complexity index is 1440. The number of rotatable bonds is 54. The van der Waals surface area contributed by atoms with Crippen LogP contribution in [0.1, 0.15) is 265 Å². The van der Waals surface area contributed by atoms with Crippen molar-refractivity contribution >= 4 is 25.7 Å². The zero-order valence-corrected chi connectivity index (χ0v) is 47.0. The second kappa shape index (κ2) is 54.4.